The first kappa shape index (κ1) is 21.1. The third kappa shape index (κ3) is 4.50. The minimum atomic E-state index is -2.94. The van der Waals surface area contributed by atoms with E-state index in [1.165, 1.54) is 12.4 Å². The fraction of sp³-hybridized carbons (Fsp3) is 0.455. The van der Waals surface area contributed by atoms with Gasteiger partial charge in [-0.25, -0.2) is 13.8 Å². The lowest BCUT2D eigenvalue weighted by molar-refractivity contribution is -0.117. The van der Waals surface area contributed by atoms with Crippen molar-refractivity contribution in [3.8, 4) is 5.75 Å². The van der Waals surface area contributed by atoms with Crippen LogP contribution in [0.4, 0.5) is 14.6 Å². The van der Waals surface area contributed by atoms with Gasteiger partial charge in [-0.15, -0.1) is 0 Å². The van der Waals surface area contributed by atoms with Gasteiger partial charge in [-0.05, 0) is 44.4 Å². The number of nitrogens with one attached hydrogen (secondary N) is 1. The first-order valence-corrected chi connectivity index (χ1v) is 10.2. The summed E-state index contributed by atoms with van der Waals surface area (Å²) in [6.07, 6.45) is 4.68. The molecule has 1 aliphatic heterocycles. The molecule has 0 radical (unpaired) electrons. The summed E-state index contributed by atoms with van der Waals surface area (Å²) in [5.74, 6) is -2.44. The highest BCUT2D eigenvalue weighted by Crippen LogP contribution is 2.36. The minimum absolute atomic E-state index is 0.0327. The van der Waals surface area contributed by atoms with Crippen molar-refractivity contribution in [3.05, 3.63) is 46.9 Å². The largest absolute Gasteiger partial charge is 0.485 e. The quantitative estimate of drug-likeness (QED) is 0.721. The van der Waals surface area contributed by atoms with Gasteiger partial charge in [-0.1, -0.05) is 0 Å². The summed E-state index contributed by atoms with van der Waals surface area (Å²) < 4.78 is 31.3. The van der Waals surface area contributed by atoms with Crippen LogP contribution in [0, 0.1) is 12.8 Å². The molecule has 1 N–H and O–H groups in total. The molecule has 0 bridgehead atoms. The standard InChI is InChI=1S/C22H24F2N4O3/c1-12-8-17(26-9-18(12)31-11-22(3,23)24)13(2)28-10-16-15(21(28)30)6-7-25-19(16)27-20(29)14-4-5-14/h6-9,13-14H,4-5,10-11H2,1-3H3,(H,25,27,29). The van der Waals surface area contributed by atoms with Gasteiger partial charge in [0.1, 0.15) is 11.6 Å². The Morgan fingerprint density at radius 3 is 2.77 bits per heavy atom. The summed E-state index contributed by atoms with van der Waals surface area (Å²) in [6.45, 7) is 3.95. The van der Waals surface area contributed by atoms with E-state index in [4.69, 9.17) is 4.74 Å². The van der Waals surface area contributed by atoms with Crippen LogP contribution < -0.4 is 10.1 Å². The summed E-state index contributed by atoms with van der Waals surface area (Å²) in [7, 11) is 0. The molecule has 2 amide bonds. The topological polar surface area (TPSA) is 84.4 Å². The highest BCUT2D eigenvalue weighted by Gasteiger charge is 2.36. The maximum Gasteiger partial charge on any atom is 0.278 e. The van der Waals surface area contributed by atoms with Crippen LogP contribution in [-0.2, 0) is 11.3 Å². The van der Waals surface area contributed by atoms with E-state index >= 15 is 0 Å². The Bertz CT molecular complexity index is 1030. The van der Waals surface area contributed by atoms with E-state index in [0.717, 1.165) is 19.8 Å². The number of aromatic nitrogens is 2. The number of nitrogens with zero attached hydrogens (tertiary/aromatic N) is 3. The summed E-state index contributed by atoms with van der Waals surface area (Å²) in [5, 5.41) is 2.84. The van der Waals surface area contributed by atoms with Crippen molar-refractivity contribution in [2.24, 2.45) is 5.92 Å². The number of fused-ring (bicyclic) bond motifs is 1. The van der Waals surface area contributed by atoms with Crippen molar-refractivity contribution < 1.29 is 23.1 Å². The fourth-order valence-corrected chi connectivity index (χ4v) is 3.54. The number of ether oxygens (including phenoxy) is 1. The van der Waals surface area contributed by atoms with Crippen LogP contribution in [0.25, 0.3) is 0 Å². The summed E-state index contributed by atoms with van der Waals surface area (Å²) >= 11 is 0. The SMILES string of the molecule is Cc1cc(C(C)N2Cc3c(ccnc3NC(=O)C3CC3)C2=O)ncc1OCC(C)(F)F. The molecule has 9 heteroatoms. The Balaban J connectivity index is 1.51. The van der Waals surface area contributed by atoms with Crippen molar-refractivity contribution in [2.75, 3.05) is 11.9 Å². The van der Waals surface area contributed by atoms with Crippen LogP contribution in [0.3, 0.4) is 0 Å². The predicted molar refractivity (Wildman–Crippen MR) is 109 cm³/mol. The molecule has 2 aromatic rings. The van der Waals surface area contributed by atoms with Gasteiger partial charge in [0.05, 0.1) is 24.5 Å². The first-order chi connectivity index (χ1) is 14.6. The second-order valence-corrected chi connectivity index (χ2v) is 8.29. The van der Waals surface area contributed by atoms with Crippen LogP contribution in [-0.4, -0.2) is 39.2 Å². The number of carbonyl (C=O) groups is 2. The van der Waals surface area contributed by atoms with Crippen LogP contribution >= 0.6 is 0 Å². The van der Waals surface area contributed by atoms with Crippen LogP contribution in [0.2, 0.25) is 0 Å². The summed E-state index contributed by atoms with van der Waals surface area (Å²) in [4.78, 5) is 35.4. The number of amides is 2. The third-order valence-electron chi connectivity index (χ3n) is 5.53. The van der Waals surface area contributed by atoms with Crippen molar-refractivity contribution in [1.82, 2.24) is 14.9 Å². The normalized spacial score (nSPS) is 16.8. The summed E-state index contributed by atoms with van der Waals surface area (Å²) in [5.41, 5.74) is 2.47. The lowest BCUT2D eigenvalue weighted by Gasteiger charge is -2.24. The van der Waals surface area contributed by atoms with Crippen LogP contribution in [0.5, 0.6) is 5.75 Å². The molecule has 2 aliphatic rings. The molecular weight excluding hydrogens is 406 g/mol. The van der Waals surface area contributed by atoms with E-state index in [-0.39, 0.29) is 29.5 Å². The number of halogens is 2. The van der Waals surface area contributed by atoms with Gasteiger partial charge in [0.25, 0.3) is 11.8 Å². The molecule has 7 nitrogen and oxygen atoms in total. The predicted octanol–water partition coefficient (Wildman–Crippen LogP) is 3.88. The Morgan fingerprint density at radius 1 is 1.39 bits per heavy atom. The van der Waals surface area contributed by atoms with Crippen molar-refractivity contribution in [2.45, 2.75) is 52.1 Å². The Morgan fingerprint density at radius 2 is 2.13 bits per heavy atom. The number of hydrogen-bond donors (Lipinski definition) is 1. The number of rotatable bonds is 7. The molecule has 4 rings (SSSR count). The van der Waals surface area contributed by atoms with Gasteiger partial charge >= 0.3 is 0 Å². The van der Waals surface area contributed by atoms with Gasteiger partial charge in [0, 0.05) is 30.2 Å². The van der Waals surface area contributed by atoms with Crippen molar-refractivity contribution >= 4 is 17.6 Å². The highest BCUT2D eigenvalue weighted by atomic mass is 19.3. The maximum absolute atomic E-state index is 13.1. The smallest absolute Gasteiger partial charge is 0.278 e. The number of hydrogen-bond acceptors (Lipinski definition) is 5. The van der Waals surface area contributed by atoms with Crippen molar-refractivity contribution in [3.63, 3.8) is 0 Å². The molecule has 3 heterocycles. The van der Waals surface area contributed by atoms with Gasteiger partial charge < -0.3 is 15.0 Å². The minimum Gasteiger partial charge on any atom is -0.485 e. The fourth-order valence-electron chi connectivity index (χ4n) is 3.54. The average Bonchev–Trinajstić information content (AvgIpc) is 3.50. The molecule has 0 spiro atoms. The van der Waals surface area contributed by atoms with Crippen molar-refractivity contribution in [1.29, 1.82) is 0 Å². The molecular formula is C22H24F2N4O3. The van der Waals surface area contributed by atoms with Crippen LogP contribution in [0.15, 0.2) is 24.5 Å². The molecule has 1 atom stereocenters. The van der Waals surface area contributed by atoms with E-state index in [1.54, 1.807) is 24.0 Å². The Labute approximate surface area is 178 Å². The molecule has 2 aromatic heterocycles. The van der Waals surface area contributed by atoms with Crippen LogP contribution in [0.1, 0.15) is 59.9 Å². The lowest BCUT2D eigenvalue weighted by atomic mass is 10.1. The molecule has 1 fully saturated rings. The van der Waals surface area contributed by atoms with Gasteiger partial charge in [0.15, 0.2) is 6.61 Å². The van der Waals surface area contributed by atoms with Gasteiger partial charge in [-0.2, -0.15) is 0 Å². The van der Waals surface area contributed by atoms with E-state index in [2.05, 4.69) is 15.3 Å². The van der Waals surface area contributed by atoms with E-state index in [1.807, 2.05) is 6.92 Å². The second kappa shape index (κ2) is 7.86. The zero-order valence-electron chi connectivity index (χ0n) is 17.6. The number of pyridine rings is 2. The number of aryl methyl sites for hydroxylation is 1. The van der Waals surface area contributed by atoms with E-state index in [0.29, 0.717) is 34.7 Å². The van der Waals surface area contributed by atoms with E-state index < -0.39 is 12.5 Å². The maximum atomic E-state index is 13.1. The Hall–Kier alpha value is -3.10. The zero-order valence-corrected chi connectivity index (χ0v) is 17.6. The molecule has 1 aliphatic carbocycles. The molecule has 1 unspecified atom stereocenters. The van der Waals surface area contributed by atoms with Gasteiger partial charge in [0.2, 0.25) is 5.91 Å². The zero-order chi connectivity index (χ0) is 22.3. The van der Waals surface area contributed by atoms with E-state index in [9.17, 15) is 18.4 Å². The third-order valence-corrected chi connectivity index (χ3v) is 5.53. The molecule has 0 aromatic carbocycles. The molecule has 31 heavy (non-hydrogen) atoms. The second-order valence-electron chi connectivity index (χ2n) is 8.29. The molecule has 1 saturated carbocycles. The Kier molecular flexibility index (Phi) is 5.36. The van der Waals surface area contributed by atoms with Gasteiger partial charge in [-0.3, -0.25) is 14.6 Å². The average molecular weight is 430 g/mol. The first-order valence-electron chi connectivity index (χ1n) is 10.2. The molecule has 164 valence electrons. The summed E-state index contributed by atoms with van der Waals surface area (Å²) in [6, 6.07) is 3.02. The lowest BCUT2D eigenvalue weighted by Crippen LogP contribution is -2.28. The number of carbonyl (C=O) groups excluding carboxylic acids is 2. The monoisotopic (exact) mass is 430 g/mol. The highest BCUT2D eigenvalue weighted by molar-refractivity contribution is 6.02. The number of anilines is 1. The number of alkyl halides is 2. The molecule has 0 saturated heterocycles.